The van der Waals surface area contributed by atoms with Crippen molar-refractivity contribution in [2.24, 2.45) is 0 Å². The van der Waals surface area contributed by atoms with Gasteiger partial charge in [-0.05, 0) is 74.0 Å². The summed E-state index contributed by atoms with van der Waals surface area (Å²) in [5.41, 5.74) is 3.60. The number of aryl methyl sites for hydroxylation is 2. The Morgan fingerprint density at radius 3 is 2.32 bits per heavy atom. The van der Waals surface area contributed by atoms with Crippen molar-refractivity contribution >= 4 is 29.6 Å². The molecule has 1 saturated heterocycles. The molecule has 0 unspecified atom stereocenters. The van der Waals surface area contributed by atoms with Gasteiger partial charge in [-0.2, -0.15) is 0 Å². The second-order valence-corrected chi connectivity index (χ2v) is 7.23. The number of nitrogens with zero attached hydrogens (tertiary/aromatic N) is 2. The van der Waals surface area contributed by atoms with Crippen LogP contribution in [0, 0.1) is 13.8 Å². The lowest BCUT2D eigenvalue weighted by atomic mass is 10.1. The summed E-state index contributed by atoms with van der Waals surface area (Å²) in [4.78, 5) is 39.1. The van der Waals surface area contributed by atoms with Crippen LogP contribution in [0.2, 0.25) is 0 Å². The molecule has 0 radical (unpaired) electrons. The monoisotopic (exact) mass is 415 g/mol. The smallest absolute Gasteiger partial charge is 0.335 e. The van der Waals surface area contributed by atoms with Crippen LogP contribution in [0.4, 0.5) is 10.5 Å². The van der Waals surface area contributed by atoms with Gasteiger partial charge in [-0.25, -0.2) is 9.69 Å². The molecule has 3 aromatic rings. The molecule has 1 N–H and O–H groups in total. The summed E-state index contributed by atoms with van der Waals surface area (Å²) in [7, 11) is 1.60. The predicted molar refractivity (Wildman–Crippen MR) is 117 cm³/mol. The molecule has 4 amide bonds. The molecule has 2 aromatic carbocycles. The molecule has 0 atom stereocenters. The third-order valence-corrected chi connectivity index (χ3v) is 5.09. The molecule has 0 aliphatic carbocycles. The molecular formula is C24H21N3O4. The molecule has 0 saturated carbocycles. The van der Waals surface area contributed by atoms with Crippen LogP contribution in [0.1, 0.15) is 17.0 Å². The fourth-order valence-corrected chi connectivity index (χ4v) is 3.56. The molecule has 0 spiro atoms. The van der Waals surface area contributed by atoms with Crippen LogP contribution in [0.5, 0.6) is 5.75 Å². The zero-order valence-corrected chi connectivity index (χ0v) is 17.4. The van der Waals surface area contributed by atoms with Gasteiger partial charge in [0.1, 0.15) is 11.3 Å². The number of rotatable bonds is 4. The second-order valence-electron chi connectivity index (χ2n) is 7.23. The largest absolute Gasteiger partial charge is 0.497 e. The molecule has 1 fully saturated rings. The maximum absolute atomic E-state index is 13.2. The fraction of sp³-hybridized carbons (Fsp3) is 0.125. The first-order chi connectivity index (χ1) is 14.9. The van der Waals surface area contributed by atoms with Gasteiger partial charge in [-0.15, -0.1) is 0 Å². The van der Waals surface area contributed by atoms with Crippen LogP contribution in [-0.4, -0.2) is 29.5 Å². The highest BCUT2D eigenvalue weighted by Crippen LogP contribution is 2.25. The number of barbiturate groups is 1. The Bertz CT molecular complexity index is 1220. The summed E-state index contributed by atoms with van der Waals surface area (Å²) < 4.78 is 7.13. The number of carbonyl (C=O) groups excluding carboxylic acids is 3. The van der Waals surface area contributed by atoms with Gasteiger partial charge < -0.3 is 9.30 Å². The maximum Gasteiger partial charge on any atom is 0.335 e. The summed E-state index contributed by atoms with van der Waals surface area (Å²) in [6.45, 7) is 3.79. The molecule has 31 heavy (non-hydrogen) atoms. The number of ether oxygens (including phenoxy) is 1. The molecule has 1 aromatic heterocycles. The van der Waals surface area contributed by atoms with Gasteiger partial charge in [0, 0.05) is 17.1 Å². The number of urea groups is 1. The molecule has 1 aliphatic heterocycles. The van der Waals surface area contributed by atoms with Crippen LogP contribution in [0.25, 0.3) is 11.8 Å². The van der Waals surface area contributed by atoms with E-state index in [2.05, 4.69) is 5.32 Å². The molecular weight excluding hydrogens is 394 g/mol. The minimum Gasteiger partial charge on any atom is -0.497 e. The molecule has 4 rings (SSSR count). The van der Waals surface area contributed by atoms with Gasteiger partial charge in [0.05, 0.1) is 12.8 Å². The Kier molecular flexibility index (Phi) is 5.17. The molecule has 0 bridgehead atoms. The zero-order valence-electron chi connectivity index (χ0n) is 17.4. The van der Waals surface area contributed by atoms with Crippen LogP contribution in [-0.2, 0) is 9.59 Å². The molecule has 7 nitrogen and oxygen atoms in total. The normalized spacial score (nSPS) is 15.4. The highest BCUT2D eigenvalue weighted by molar-refractivity contribution is 6.39. The van der Waals surface area contributed by atoms with E-state index in [0.717, 1.165) is 27.6 Å². The Morgan fingerprint density at radius 2 is 1.65 bits per heavy atom. The molecule has 2 heterocycles. The number of methoxy groups -OCH3 is 1. The van der Waals surface area contributed by atoms with Crippen molar-refractivity contribution in [1.82, 2.24) is 9.88 Å². The molecule has 156 valence electrons. The molecule has 7 heteroatoms. The summed E-state index contributed by atoms with van der Waals surface area (Å²) in [5.74, 6) is -0.666. The fourth-order valence-electron chi connectivity index (χ4n) is 3.56. The third-order valence-electron chi connectivity index (χ3n) is 5.09. The first-order valence-corrected chi connectivity index (χ1v) is 9.70. The van der Waals surface area contributed by atoms with Crippen molar-refractivity contribution in [2.45, 2.75) is 13.8 Å². The van der Waals surface area contributed by atoms with Gasteiger partial charge in [-0.3, -0.25) is 14.9 Å². The van der Waals surface area contributed by atoms with Crippen LogP contribution in [0.15, 0.2) is 66.2 Å². The predicted octanol–water partition coefficient (Wildman–Crippen LogP) is 3.77. The van der Waals surface area contributed by atoms with Gasteiger partial charge in [0.15, 0.2) is 0 Å². The number of hydrogen-bond acceptors (Lipinski definition) is 4. The minimum atomic E-state index is -0.764. The first kappa shape index (κ1) is 20.2. The SMILES string of the molecule is COc1ccc(-n2c(C)ccc2/C=C2\C(=O)NC(=O)N(c3cccc(C)c3)C2=O)cc1. The number of carbonyl (C=O) groups is 3. The number of hydrogen-bond donors (Lipinski definition) is 1. The number of nitrogens with one attached hydrogen (secondary N) is 1. The van der Waals surface area contributed by atoms with Crippen LogP contribution >= 0.6 is 0 Å². The minimum absolute atomic E-state index is 0.117. The Morgan fingerprint density at radius 1 is 0.903 bits per heavy atom. The van der Waals surface area contributed by atoms with Gasteiger partial charge in [0.2, 0.25) is 0 Å². The Hall–Kier alpha value is -4.13. The van der Waals surface area contributed by atoms with E-state index in [1.54, 1.807) is 25.3 Å². The summed E-state index contributed by atoms with van der Waals surface area (Å²) >= 11 is 0. The van der Waals surface area contributed by atoms with Crippen molar-refractivity contribution in [3.8, 4) is 11.4 Å². The van der Waals surface area contributed by atoms with E-state index in [1.165, 1.54) is 6.08 Å². The van der Waals surface area contributed by atoms with E-state index in [9.17, 15) is 14.4 Å². The van der Waals surface area contributed by atoms with E-state index >= 15 is 0 Å². The average molecular weight is 415 g/mol. The van der Waals surface area contributed by atoms with E-state index in [1.807, 2.05) is 60.9 Å². The van der Waals surface area contributed by atoms with Crippen molar-refractivity contribution in [3.05, 3.63) is 83.2 Å². The number of aromatic nitrogens is 1. The Labute approximate surface area is 179 Å². The van der Waals surface area contributed by atoms with Crippen LogP contribution in [0.3, 0.4) is 0 Å². The average Bonchev–Trinajstić information content (AvgIpc) is 3.11. The summed E-state index contributed by atoms with van der Waals surface area (Å²) in [6, 6.07) is 17.4. The summed E-state index contributed by atoms with van der Waals surface area (Å²) in [6.07, 6.45) is 1.50. The number of anilines is 1. The van der Waals surface area contributed by atoms with Gasteiger partial charge >= 0.3 is 6.03 Å². The molecule has 1 aliphatic rings. The highest BCUT2D eigenvalue weighted by atomic mass is 16.5. The van der Waals surface area contributed by atoms with E-state index < -0.39 is 17.8 Å². The van der Waals surface area contributed by atoms with Crippen molar-refractivity contribution in [3.63, 3.8) is 0 Å². The van der Waals surface area contributed by atoms with Crippen LogP contribution < -0.4 is 15.0 Å². The quantitative estimate of drug-likeness (QED) is 0.520. The van der Waals surface area contributed by atoms with Gasteiger partial charge in [0.25, 0.3) is 11.8 Å². The van der Waals surface area contributed by atoms with Crippen molar-refractivity contribution in [1.29, 1.82) is 0 Å². The van der Waals surface area contributed by atoms with Crippen molar-refractivity contribution in [2.75, 3.05) is 12.0 Å². The van der Waals surface area contributed by atoms with E-state index in [4.69, 9.17) is 4.74 Å². The number of imide groups is 2. The lowest BCUT2D eigenvalue weighted by Crippen LogP contribution is -2.54. The standard InChI is InChI=1S/C24H21N3O4/c1-15-5-4-6-18(13-15)27-23(29)21(22(28)25-24(27)30)14-19-8-7-16(2)26(19)17-9-11-20(31-3)12-10-17/h4-14H,1-3H3,(H,25,28,30)/b21-14+. The lowest BCUT2D eigenvalue weighted by Gasteiger charge is -2.26. The third kappa shape index (κ3) is 3.73. The number of amides is 4. The lowest BCUT2D eigenvalue weighted by molar-refractivity contribution is -0.122. The van der Waals surface area contributed by atoms with Crippen molar-refractivity contribution < 1.29 is 19.1 Å². The zero-order chi connectivity index (χ0) is 22.1. The van der Waals surface area contributed by atoms with E-state index in [-0.39, 0.29) is 5.57 Å². The van der Waals surface area contributed by atoms with E-state index in [0.29, 0.717) is 11.4 Å². The topological polar surface area (TPSA) is 80.6 Å². The Balaban J connectivity index is 1.76. The second kappa shape index (κ2) is 7.95. The number of benzene rings is 2. The summed E-state index contributed by atoms with van der Waals surface area (Å²) in [5, 5.41) is 2.26. The maximum atomic E-state index is 13.2. The first-order valence-electron chi connectivity index (χ1n) is 9.70. The highest BCUT2D eigenvalue weighted by Gasteiger charge is 2.37. The van der Waals surface area contributed by atoms with Gasteiger partial charge in [-0.1, -0.05) is 12.1 Å².